The Kier molecular flexibility index (Phi) is 6.74. The molecule has 178 valence electrons. The number of carbonyl (C=O) groups excluding carboxylic acids is 2. The van der Waals surface area contributed by atoms with Crippen molar-refractivity contribution in [2.75, 3.05) is 5.75 Å². The molecule has 5 rings (SSSR count). The fraction of sp³-hybridized carbons (Fsp3) is 0.440. The highest BCUT2D eigenvalue weighted by atomic mass is 32.2. The molecule has 0 saturated heterocycles. The van der Waals surface area contributed by atoms with Crippen LogP contribution in [-0.2, 0) is 17.6 Å². The summed E-state index contributed by atoms with van der Waals surface area (Å²) < 4.78 is 1.85. The number of fused-ring (bicyclic) bond motifs is 3. The zero-order chi connectivity index (χ0) is 23.7. The van der Waals surface area contributed by atoms with E-state index in [1.165, 1.54) is 22.2 Å². The largest absolute Gasteiger partial charge is 0.284 e. The average molecular weight is 497 g/mol. The highest BCUT2D eigenvalue weighted by molar-refractivity contribution is 7.99. The van der Waals surface area contributed by atoms with E-state index in [-0.39, 0.29) is 29.2 Å². The van der Waals surface area contributed by atoms with Crippen molar-refractivity contribution in [1.29, 1.82) is 0 Å². The molecule has 0 unspecified atom stereocenters. The molecule has 0 atom stereocenters. The van der Waals surface area contributed by atoms with Crippen LogP contribution in [0.1, 0.15) is 70.9 Å². The molecule has 2 aliphatic carbocycles. The van der Waals surface area contributed by atoms with E-state index in [1.54, 1.807) is 23.5 Å². The first-order chi connectivity index (χ1) is 16.5. The summed E-state index contributed by atoms with van der Waals surface area (Å²) in [6.07, 6.45) is 8.38. The molecule has 0 aliphatic heterocycles. The minimum atomic E-state index is -0.370. The van der Waals surface area contributed by atoms with Crippen molar-refractivity contribution in [2.24, 2.45) is 0 Å². The molecule has 9 heteroatoms. The summed E-state index contributed by atoms with van der Waals surface area (Å²) in [5.74, 6) is -0.655. The lowest BCUT2D eigenvalue weighted by molar-refractivity contribution is -0.119. The van der Waals surface area contributed by atoms with Gasteiger partial charge in [0, 0.05) is 16.5 Å². The number of amides is 2. The molecule has 3 aromatic rings. The van der Waals surface area contributed by atoms with Gasteiger partial charge < -0.3 is 0 Å². The molecule has 7 nitrogen and oxygen atoms in total. The maximum Gasteiger partial charge on any atom is 0.269 e. The van der Waals surface area contributed by atoms with Crippen molar-refractivity contribution in [1.82, 2.24) is 20.4 Å². The second kappa shape index (κ2) is 9.92. The molecular weight excluding hydrogens is 468 g/mol. The second-order valence-electron chi connectivity index (χ2n) is 9.06. The number of carbonyl (C=O) groups is 2. The predicted octanol–water partition coefficient (Wildman–Crippen LogP) is 4.31. The Labute approximate surface area is 206 Å². The van der Waals surface area contributed by atoms with Gasteiger partial charge in [0.05, 0.1) is 11.1 Å². The van der Waals surface area contributed by atoms with Gasteiger partial charge in [-0.05, 0) is 63.1 Å². The zero-order valence-electron chi connectivity index (χ0n) is 19.2. The number of benzene rings is 1. The number of aromatic nitrogens is 2. The summed E-state index contributed by atoms with van der Waals surface area (Å²) in [7, 11) is 0. The number of hydrogen-bond donors (Lipinski definition) is 2. The number of nitrogens with zero attached hydrogens (tertiary/aromatic N) is 2. The van der Waals surface area contributed by atoms with Crippen LogP contribution in [0.4, 0.5) is 0 Å². The Hall–Kier alpha value is -2.65. The first kappa shape index (κ1) is 23.1. The number of hydrogen-bond acceptors (Lipinski definition) is 6. The Morgan fingerprint density at radius 2 is 1.82 bits per heavy atom. The second-order valence-corrected chi connectivity index (χ2v) is 11.1. The molecule has 2 aromatic heterocycles. The molecule has 1 saturated carbocycles. The van der Waals surface area contributed by atoms with Crippen LogP contribution in [0.3, 0.4) is 0 Å². The molecule has 2 amide bonds. The lowest BCUT2D eigenvalue weighted by Crippen LogP contribution is -2.42. The fourth-order valence-corrected chi connectivity index (χ4v) is 7.02. The van der Waals surface area contributed by atoms with Crippen molar-refractivity contribution < 1.29 is 9.59 Å². The number of thiophene rings is 1. The predicted molar refractivity (Wildman–Crippen MR) is 136 cm³/mol. The van der Waals surface area contributed by atoms with Gasteiger partial charge in [0.2, 0.25) is 5.91 Å². The van der Waals surface area contributed by atoms with Crippen molar-refractivity contribution in [3.05, 3.63) is 56.2 Å². The van der Waals surface area contributed by atoms with Crippen molar-refractivity contribution in [3.8, 4) is 0 Å². The highest BCUT2D eigenvalue weighted by Crippen LogP contribution is 2.37. The van der Waals surface area contributed by atoms with Crippen LogP contribution < -0.4 is 16.4 Å². The van der Waals surface area contributed by atoms with E-state index >= 15 is 0 Å². The van der Waals surface area contributed by atoms with Crippen LogP contribution in [0.25, 0.3) is 10.2 Å². The van der Waals surface area contributed by atoms with E-state index in [2.05, 4.69) is 10.9 Å². The van der Waals surface area contributed by atoms with E-state index in [1.807, 2.05) is 23.6 Å². The quantitative estimate of drug-likeness (QED) is 0.312. The summed E-state index contributed by atoms with van der Waals surface area (Å²) in [6, 6.07) is 7.26. The molecule has 34 heavy (non-hydrogen) atoms. The van der Waals surface area contributed by atoms with Crippen LogP contribution in [0, 0.1) is 6.92 Å². The van der Waals surface area contributed by atoms with Gasteiger partial charge in [-0.15, -0.1) is 11.3 Å². The maximum absolute atomic E-state index is 13.7. The number of hydrazine groups is 1. The van der Waals surface area contributed by atoms with E-state index in [0.717, 1.165) is 67.1 Å². The van der Waals surface area contributed by atoms with Crippen LogP contribution in [-0.4, -0.2) is 27.1 Å². The Morgan fingerprint density at radius 1 is 1.09 bits per heavy atom. The minimum Gasteiger partial charge on any atom is -0.284 e. The van der Waals surface area contributed by atoms with Gasteiger partial charge in [0.15, 0.2) is 5.16 Å². The third-order valence-electron chi connectivity index (χ3n) is 6.64. The summed E-state index contributed by atoms with van der Waals surface area (Å²) >= 11 is 2.89. The highest BCUT2D eigenvalue weighted by Gasteiger charge is 2.27. The van der Waals surface area contributed by atoms with Crippen LogP contribution >= 0.6 is 23.1 Å². The van der Waals surface area contributed by atoms with Gasteiger partial charge in [-0.25, -0.2) is 4.98 Å². The van der Waals surface area contributed by atoms with Gasteiger partial charge in [0.1, 0.15) is 4.83 Å². The SMILES string of the molecule is Cc1ccc(C(=O)NNC(=O)CSc2nc3sc4c(c3c(=O)n2C2CCCC2)CCCC4)cc1. The number of thioether (sulfide) groups is 1. The molecule has 0 radical (unpaired) electrons. The molecule has 0 spiro atoms. The summed E-state index contributed by atoms with van der Waals surface area (Å²) in [6.45, 7) is 1.95. The molecule has 2 aliphatic rings. The molecule has 0 bridgehead atoms. The van der Waals surface area contributed by atoms with Crippen LogP contribution in [0.5, 0.6) is 0 Å². The molecule has 1 fully saturated rings. The fourth-order valence-electron chi connectivity index (χ4n) is 4.85. The Bertz CT molecular complexity index is 1290. The third kappa shape index (κ3) is 4.63. The number of rotatable bonds is 5. The monoisotopic (exact) mass is 496 g/mol. The van der Waals surface area contributed by atoms with Crippen LogP contribution in [0.15, 0.2) is 34.2 Å². The maximum atomic E-state index is 13.7. The van der Waals surface area contributed by atoms with Crippen molar-refractivity contribution in [3.63, 3.8) is 0 Å². The first-order valence-electron chi connectivity index (χ1n) is 11.9. The van der Waals surface area contributed by atoms with Gasteiger partial charge >= 0.3 is 0 Å². The van der Waals surface area contributed by atoms with Gasteiger partial charge in [-0.3, -0.25) is 29.8 Å². The Morgan fingerprint density at radius 3 is 2.59 bits per heavy atom. The topological polar surface area (TPSA) is 93.1 Å². The van der Waals surface area contributed by atoms with Gasteiger partial charge in [-0.1, -0.05) is 42.3 Å². The van der Waals surface area contributed by atoms with E-state index in [9.17, 15) is 14.4 Å². The summed E-state index contributed by atoms with van der Waals surface area (Å²) in [4.78, 5) is 45.4. The third-order valence-corrected chi connectivity index (χ3v) is 8.78. The molecule has 2 N–H and O–H groups in total. The van der Waals surface area contributed by atoms with Gasteiger partial charge in [0.25, 0.3) is 11.5 Å². The van der Waals surface area contributed by atoms with Crippen LogP contribution in [0.2, 0.25) is 0 Å². The number of aryl methyl sites for hydroxylation is 3. The van der Waals surface area contributed by atoms with E-state index in [0.29, 0.717) is 10.7 Å². The normalized spacial score (nSPS) is 15.9. The lowest BCUT2D eigenvalue weighted by atomic mass is 9.97. The number of nitrogens with one attached hydrogen (secondary N) is 2. The molecular formula is C25H28N4O3S2. The van der Waals surface area contributed by atoms with Gasteiger partial charge in [-0.2, -0.15) is 0 Å². The summed E-state index contributed by atoms with van der Waals surface area (Å²) in [5.41, 5.74) is 7.71. The van der Waals surface area contributed by atoms with Crippen molar-refractivity contribution >= 4 is 45.1 Å². The minimum absolute atomic E-state index is 0.0480. The van der Waals surface area contributed by atoms with Crippen molar-refractivity contribution in [2.45, 2.75) is 69.5 Å². The summed E-state index contributed by atoms with van der Waals surface area (Å²) in [5, 5.41) is 1.40. The lowest BCUT2D eigenvalue weighted by Gasteiger charge is -2.18. The smallest absolute Gasteiger partial charge is 0.269 e. The molecule has 2 heterocycles. The van der Waals surface area contributed by atoms with E-state index < -0.39 is 0 Å². The standard InChI is InChI=1S/C25H28N4O3S2/c1-15-10-12-16(13-11-15)22(31)28-27-20(30)14-33-25-26-23-21(18-8-4-5-9-19(18)34-23)24(32)29(25)17-6-2-3-7-17/h10-13,17H,2-9,14H2,1H3,(H,27,30)(H,28,31). The first-order valence-corrected chi connectivity index (χ1v) is 13.7. The van der Waals surface area contributed by atoms with E-state index in [4.69, 9.17) is 4.98 Å². The molecule has 1 aromatic carbocycles. The Balaban J connectivity index is 1.34. The zero-order valence-corrected chi connectivity index (χ0v) is 20.8. The average Bonchev–Trinajstić information content (AvgIpc) is 3.49.